The number of hydrogen-bond donors (Lipinski definition) is 1. The first-order valence-electron chi connectivity index (χ1n) is 9.19. The van der Waals surface area contributed by atoms with Crippen LogP contribution in [0.4, 0.5) is 0 Å². The Bertz CT molecular complexity index is 726. The van der Waals surface area contributed by atoms with E-state index in [0.29, 0.717) is 11.3 Å². The van der Waals surface area contributed by atoms with Gasteiger partial charge in [0.15, 0.2) is 0 Å². The lowest BCUT2D eigenvalue weighted by molar-refractivity contribution is 0.0907. The van der Waals surface area contributed by atoms with Crippen LogP contribution in [0.2, 0.25) is 0 Å². The van der Waals surface area contributed by atoms with Crippen molar-refractivity contribution in [3.8, 4) is 0 Å². The van der Waals surface area contributed by atoms with Crippen LogP contribution in [0.5, 0.6) is 0 Å². The first-order valence-corrected chi connectivity index (χ1v) is 10.2. The van der Waals surface area contributed by atoms with E-state index in [4.69, 9.17) is 4.52 Å². The van der Waals surface area contributed by atoms with E-state index in [1.807, 2.05) is 25.1 Å². The summed E-state index contributed by atoms with van der Waals surface area (Å²) < 4.78 is 5.09. The summed E-state index contributed by atoms with van der Waals surface area (Å²) in [6, 6.07) is 5.79. The van der Waals surface area contributed by atoms with E-state index in [0.717, 1.165) is 49.0 Å². The molecule has 0 aromatic carbocycles. The van der Waals surface area contributed by atoms with Crippen LogP contribution in [-0.2, 0) is 5.75 Å². The first kappa shape index (κ1) is 18.9. The highest BCUT2D eigenvalue weighted by atomic mass is 32.2. The molecule has 0 bridgehead atoms. The third-order valence-corrected chi connectivity index (χ3v) is 5.55. The maximum atomic E-state index is 12.7. The van der Waals surface area contributed by atoms with Gasteiger partial charge in [-0.1, -0.05) is 23.8 Å². The van der Waals surface area contributed by atoms with Gasteiger partial charge < -0.3 is 14.7 Å². The molecule has 140 valence electrons. The number of aryl methyl sites for hydroxylation is 1. The molecule has 2 aromatic heterocycles. The Labute approximate surface area is 158 Å². The number of piperidine rings is 1. The number of rotatable bonds is 7. The van der Waals surface area contributed by atoms with Gasteiger partial charge in [-0.2, -0.15) is 0 Å². The highest BCUT2D eigenvalue weighted by molar-refractivity contribution is 7.98. The molecular formula is C19H26N4O2S. The van der Waals surface area contributed by atoms with Crippen molar-refractivity contribution in [3.05, 3.63) is 41.4 Å². The van der Waals surface area contributed by atoms with Crippen molar-refractivity contribution in [1.82, 2.24) is 20.4 Å². The van der Waals surface area contributed by atoms with E-state index in [9.17, 15) is 4.79 Å². The molecule has 0 saturated carbocycles. The van der Waals surface area contributed by atoms with Crippen molar-refractivity contribution in [2.24, 2.45) is 0 Å². The van der Waals surface area contributed by atoms with Crippen LogP contribution in [0.3, 0.4) is 0 Å². The van der Waals surface area contributed by atoms with Gasteiger partial charge >= 0.3 is 0 Å². The molecule has 2 aromatic rings. The second kappa shape index (κ2) is 9.19. The molecule has 1 aliphatic rings. The summed E-state index contributed by atoms with van der Waals surface area (Å²) in [4.78, 5) is 19.6. The van der Waals surface area contributed by atoms with E-state index >= 15 is 0 Å². The van der Waals surface area contributed by atoms with E-state index in [2.05, 4.69) is 27.3 Å². The van der Waals surface area contributed by atoms with Crippen LogP contribution in [0.1, 0.15) is 48.0 Å². The fourth-order valence-electron chi connectivity index (χ4n) is 3.19. The van der Waals surface area contributed by atoms with Gasteiger partial charge in [0.05, 0.1) is 11.3 Å². The average Bonchev–Trinajstić information content (AvgIpc) is 3.07. The SMILES string of the molecule is CCCN1CCC(NC(=O)c2cccnc2SCc2cc(C)on2)CC1. The molecule has 0 unspecified atom stereocenters. The summed E-state index contributed by atoms with van der Waals surface area (Å²) >= 11 is 1.51. The summed E-state index contributed by atoms with van der Waals surface area (Å²) in [5.74, 6) is 1.38. The Balaban J connectivity index is 1.57. The van der Waals surface area contributed by atoms with E-state index in [1.54, 1.807) is 6.20 Å². The normalized spacial score (nSPS) is 15.9. The molecule has 1 N–H and O–H groups in total. The smallest absolute Gasteiger partial charge is 0.254 e. The van der Waals surface area contributed by atoms with Gasteiger partial charge in [-0.15, -0.1) is 0 Å². The van der Waals surface area contributed by atoms with Crippen molar-refractivity contribution in [2.75, 3.05) is 19.6 Å². The second-order valence-electron chi connectivity index (χ2n) is 6.66. The lowest BCUT2D eigenvalue weighted by atomic mass is 10.0. The van der Waals surface area contributed by atoms with Crippen LogP contribution >= 0.6 is 11.8 Å². The van der Waals surface area contributed by atoms with Gasteiger partial charge in [-0.25, -0.2) is 4.98 Å². The zero-order valence-corrected chi connectivity index (χ0v) is 16.2. The molecular weight excluding hydrogens is 348 g/mol. The number of amides is 1. The van der Waals surface area contributed by atoms with Gasteiger partial charge in [-0.3, -0.25) is 4.79 Å². The fourth-order valence-corrected chi connectivity index (χ4v) is 4.06. The minimum Gasteiger partial charge on any atom is -0.361 e. The molecule has 7 heteroatoms. The Kier molecular flexibility index (Phi) is 6.68. The molecule has 0 aliphatic carbocycles. The average molecular weight is 375 g/mol. The van der Waals surface area contributed by atoms with Crippen LogP contribution in [0.15, 0.2) is 33.9 Å². The molecule has 3 rings (SSSR count). The van der Waals surface area contributed by atoms with Crippen molar-refractivity contribution in [1.29, 1.82) is 0 Å². The minimum atomic E-state index is -0.0362. The largest absolute Gasteiger partial charge is 0.361 e. The molecule has 1 amide bonds. The van der Waals surface area contributed by atoms with Crippen LogP contribution in [0.25, 0.3) is 0 Å². The van der Waals surface area contributed by atoms with Gasteiger partial charge in [0, 0.05) is 37.1 Å². The van der Waals surface area contributed by atoms with Gasteiger partial charge in [0.2, 0.25) is 0 Å². The quantitative estimate of drug-likeness (QED) is 0.750. The molecule has 0 atom stereocenters. The van der Waals surface area contributed by atoms with Crippen molar-refractivity contribution in [3.63, 3.8) is 0 Å². The van der Waals surface area contributed by atoms with Crippen molar-refractivity contribution >= 4 is 17.7 Å². The molecule has 3 heterocycles. The Morgan fingerprint density at radius 2 is 2.23 bits per heavy atom. The zero-order valence-electron chi connectivity index (χ0n) is 15.4. The Morgan fingerprint density at radius 3 is 2.92 bits per heavy atom. The third-order valence-electron chi connectivity index (χ3n) is 4.51. The summed E-state index contributed by atoms with van der Waals surface area (Å²) in [7, 11) is 0. The predicted octanol–water partition coefficient (Wildman–Crippen LogP) is 3.27. The number of carbonyl (C=O) groups is 1. The summed E-state index contributed by atoms with van der Waals surface area (Å²) in [5, 5.41) is 7.91. The third kappa shape index (κ3) is 5.08. The first-order chi connectivity index (χ1) is 12.7. The number of hydrogen-bond acceptors (Lipinski definition) is 6. The molecule has 6 nitrogen and oxygen atoms in total. The maximum absolute atomic E-state index is 12.7. The van der Waals surface area contributed by atoms with Gasteiger partial charge in [0.25, 0.3) is 5.91 Å². The molecule has 1 fully saturated rings. The summed E-state index contributed by atoms with van der Waals surface area (Å²) in [6.07, 6.45) is 4.91. The second-order valence-corrected chi connectivity index (χ2v) is 7.63. The summed E-state index contributed by atoms with van der Waals surface area (Å²) in [5.41, 5.74) is 1.49. The number of nitrogens with zero attached hydrogens (tertiary/aromatic N) is 3. The van der Waals surface area contributed by atoms with Crippen LogP contribution in [-0.4, -0.2) is 46.6 Å². The van der Waals surface area contributed by atoms with E-state index in [1.165, 1.54) is 18.2 Å². The number of likely N-dealkylation sites (tertiary alicyclic amines) is 1. The van der Waals surface area contributed by atoms with Gasteiger partial charge in [-0.05, 0) is 44.9 Å². The Morgan fingerprint density at radius 1 is 1.42 bits per heavy atom. The van der Waals surface area contributed by atoms with E-state index in [-0.39, 0.29) is 11.9 Å². The number of aromatic nitrogens is 2. The zero-order chi connectivity index (χ0) is 18.4. The summed E-state index contributed by atoms with van der Waals surface area (Å²) in [6.45, 7) is 7.33. The number of pyridine rings is 1. The maximum Gasteiger partial charge on any atom is 0.254 e. The molecule has 0 spiro atoms. The lowest BCUT2D eigenvalue weighted by Gasteiger charge is -2.32. The van der Waals surface area contributed by atoms with Gasteiger partial charge in [0.1, 0.15) is 10.8 Å². The molecule has 1 saturated heterocycles. The standard InChI is InChI=1S/C19H26N4O2S/c1-3-9-23-10-6-15(7-11-23)21-18(24)17-5-4-8-20-19(17)26-13-16-12-14(2)25-22-16/h4-5,8,12,15H,3,6-7,9-11,13H2,1-2H3,(H,21,24). The topological polar surface area (TPSA) is 71.3 Å². The molecule has 0 radical (unpaired) electrons. The predicted molar refractivity (Wildman–Crippen MR) is 102 cm³/mol. The number of nitrogens with one attached hydrogen (secondary N) is 1. The number of carbonyl (C=O) groups excluding carboxylic acids is 1. The highest BCUT2D eigenvalue weighted by Gasteiger charge is 2.22. The van der Waals surface area contributed by atoms with Crippen molar-refractivity contribution < 1.29 is 9.32 Å². The lowest BCUT2D eigenvalue weighted by Crippen LogP contribution is -2.44. The fraction of sp³-hybridized carbons (Fsp3) is 0.526. The molecule has 26 heavy (non-hydrogen) atoms. The van der Waals surface area contributed by atoms with E-state index < -0.39 is 0 Å². The Hall–Kier alpha value is -1.86. The van der Waals surface area contributed by atoms with Crippen LogP contribution in [0, 0.1) is 6.92 Å². The number of thioether (sulfide) groups is 1. The van der Waals surface area contributed by atoms with Crippen molar-refractivity contribution in [2.45, 2.75) is 49.9 Å². The minimum absolute atomic E-state index is 0.0362. The van der Waals surface area contributed by atoms with Crippen LogP contribution < -0.4 is 5.32 Å². The molecule has 1 aliphatic heterocycles. The monoisotopic (exact) mass is 374 g/mol. The highest BCUT2D eigenvalue weighted by Crippen LogP contribution is 2.24.